The van der Waals surface area contributed by atoms with Gasteiger partial charge >= 0.3 is 0 Å². The fraction of sp³-hybridized carbons (Fsp3) is 0.296. The number of methoxy groups -OCH3 is 1. The summed E-state index contributed by atoms with van der Waals surface area (Å²) in [4.78, 5) is 15.1. The highest BCUT2D eigenvalue weighted by molar-refractivity contribution is 6.04. The summed E-state index contributed by atoms with van der Waals surface area (Å²) in [6.07, 6.45) is 3.39. The predicted molar refractivity (Wildman–Crippen MR) is 127 cm³/mol. The van der Waals surface area contributed by atoms with Crippen LogP contribution < -0.4 is 10.1 Å². The molecule has 4 heteroatoms. The Bertz CT molecular complexity index is 1060. The quantitative estimate of drug-likeness (QED) is 0.597. The molecule has 0 radical (unpaired) electrons. The first-order chi connectivity index (χ1) is 15.0. The summed E-state index contributed by atoms with van der Waals surface area (Å²) in [7, 11) is 5.94. The van der Waals surface area contributed by atoms with Crippen LogP contribution in [-0.4, -0.2) is 38.6 Å². The Morgan fingerprint density at radius 2 is 1.81 bits per heavy atom. The maximum Gasteiger partial charge on any atom is 0.255 e. The minimum absolute atomic E-state index is 0.0900. The van der Waals surface area contributed by atoms with Crippen LogP contribution in [0, 0.1) is 5.92 Å². The molecule has 0 saturated carbocycles. The van der Waals surface area contributed by atoms with Gasteiger partial charge in [-0.2, -0.15) is 0 Å². The van der Waals surface area contributed by atoms with E-state index in [-0.39, 0.29) is 5.91 Å². The van der Waals surface area contributed by atoms with Crippen LogP contribution in [0.2, 0.25) is 0 Å². The number of benzene rings is 3. The number of anilines is 1. The Morgan fingerprint density at radius 3 is 2.55 bits per heavy atom. The number of hydrogen-bond donors (Lipinski definition) is 1. The number of carbonyl (C=O) groups excluding carboxylic acids is 1. The Labute approximate surface area is 184 Å². The van der Waals surface area contributed by atoms with E-state index in [1.165, 1.54) is 17.5 Å². The molecule has 1 unspecified atom stereocenters. The van der Waals surface area contributed by atoms with Gasteiger partial charge in [0.05, 0.1) is 7.11 Å². The Hall–Kier alpha value is -3.11. The molecule has 1 aliphatic carbocycles. The Balaban J connectivity index is 1.44. The van der Waals surface area contributed by atoms with Crippen LogP contribution in [0.4, 0.5) is 5.69 Å². The van der Waals surface area contributed by atoms with Crippen molar-refractivity contribution in [3.05, 3.63) is 83.4 Å². The molecule has 0 saturated heterocycles. The molecule has 1 amide bonds. The van der Waals surface area contributed by atoms with E-state index in [1.54, 1.807) is 7.11 Å². The summed E-state index contributed by atoms with van der Waals surface area (Å²) in [5.41, 5.74) is 6.32. The zero-order chi connectivity index (χ0) is 21.8. The summed E-state index contributed by atoms with van der Waals surface area (Å²) >= 11 is 0. The number of aryl methyl sites for hydroxylation is 1. The van der Waals surface area contributed by atoms with Crippen LogP contribution in [0.25, 0.3) is 11.1 Å². The fourth-order valence-electron chi connectivity index (χ4n) is 4.47. The van der Waals surface area contributed by atoms with Gasteiger partial charge in [0.25, 0.3) is 5.91 Å². The summed E-state index contributed by atoms with van der Waals surface area (Å²) in [6, 6.07) is 21.9. The predicted octanol–water partition coefficient (Wildman–Crippen LogP) is 5.28. The SMILES string of the molecule is COc1ccccc1-c1ccc(C(=O)Nc2ccc3c(c2)CCC(CN(C)C)C3)cc1. The highest BCUT2D eigenvalue weighted by Crippen LogP contribution is 2.30. The number of hydrogen-bond acceptors (Lipinski definition) is 3. The third kappa shape index (κ3) is 4.97. The smallest absolute Gasteiger partial charge is 0.255 e. The van der Waals surface area contributed by atoms with Crippen LogP contribution in [-0.2, 0) is 12.8 Å². The number of fused-ring (bicyclic) bond motifs is 1. The van der Waals surface area contributed by atoms with Gasteiger partial charge in [-0.05, 0) is 86.3 Å². The summed E-state index contributed by atoms with van der Waals surface area (Å²) in [5.74, 6) is 1.44. The van der Waals surface area contributed by atoms with E-state index in [2.05, 4.69) is 36.4 Å². The molecule has 1 N–H and O–H groups in total. The summed E-state index contributed by atoms with van der Waals surface area (Å²) in [6.45, 7) is 1.13. The lowest BCUT2D eigenvalue weighted by Crippen LogP contribution is -2.26. The molecular weight excluding hydrogens is 384 g/mol. The molecule has 160 valence electrons. The number of para-hydroxylation sites is 1. The highest BCUT2D eigenvalue weighted by atomic mass is 16.5. The second kappa shape index (κ2) is 9.36. The van der Waals surface area contributed by atoms with Crippen molar-refractivity contribution in [1.82, 2.24) is 4.90 Å². The Morgan fingerprint density at radius 1 is 1.03 bits per heavy atom. The third-order valence-electron chi connectivity index (χ3n) is 5.98. The van der Waals surface area contributed by atoms with E-state index in [4.69, 9.17) is 4.74 Å². The number of ether oxygens (including phenoxy) is 1. The van der Waals surface area contributed by atoms with E-state index < -0.39 is 0 Å². The number of carbonyl (C=O) groups is 1. The molecule has 1 aliphatic rings. The molecule has 3 aromatic carbocycles. The lowest BCUT2D eigenvalue weighted by molar-refractivity contribution is 0.102. The van der Waals surface area contributed by atoms with E-state index in [1.807, 2.05) is 54.6 Å². The maximum absolute atomic E-state index is 12.8. The molecule has 0 heterocycles. The molecule has 3 aromatic rings. The van der Waals surface area contributed by atoms with E-state index in [0.29, 0.717) is 11.5 Å². The van der Waals surface area contributed by atoms with Crippen molar-refractivity contribution in [3.8, 4) is 16.9 Å². The van der Waals surface area contributed by atoms with Crippen LogP contribution >= 0.6 is 0 Å². The van der Waals surface area contributed by atoms with Crippen molar-refractivity contribution in [2.45, 2.75) is 19.3 Å². The topological polar surface area (TPSA) is 41.6 Å². The molecule has 1 atom stereocenters. The third-order valence-corrected chi connectivity index (χ3v) is 5.98. The monoisotopic (exact) mass is 414 g/mol. The Kier molecular flexibility index (Phi) is 6.38. The molecule has 0 aromatic heterocycles. The zero-order valence-corrected chi connectivity index (χ0v) is 18.5. The minimum Gasteiger partial charge on any atom is -0.496 e. The van der Waals surface area contributed by atoms with E-state index in [9.17, 15) is 4.79 Å². The van der Waals surface area contributed by atoms with Gasteiger partial charge in [-0.1, -0.05) is 36.4 Å². The molecule has 4 rings (SSSR count). The number of rotatable bonds is 6. The van der Waals surface area contributed by atoms with Gasteiger partial charge in [-0.15, -0.1) is 0 Å². The minimum atomic E-state index is -0.0900. The van der Waals surface area contributed by atoms with E-state index in [0.717, 1.165) is 42.0 Å². The van der Waals surface area contributed by atoms with Gasteiger partial charge in [0, 0.05) is 23.4 Å². The van der Waals surface area contributed by atoms with Gasteiger partial charge < -0.3 is 15.0 Å². The average molecular weight is 415 g/mol. The number of nitrogens with one attached hydrogen (secondary N) is 1. The average Bonchev–Trinajstić information content (AvgIpc) is 2.79. The van der Waals surface area contributed by atoms with Crippen molar-refractivity contribution in [1.29, 1.82) is 0 Å². The lowest BCUT2D eigenvalue weighted by Gasteiger charge is -2.27. The van der Waals surface area contributed by atoms with Gasteiger partial charge in [0.1, 0.15) is 5.75 Å². The first-order valence-corrected chi connectivity index (χ1v) is 10.8. The fourth-order valence-corrected chi connectivity index (χ4v) is 4.47. The highest BCUT2D eigenvalue weighted by Gasteiger charge is 2.20. The molecule has 4 nitrogen and oxygen atoms in total. The first kappa shape index (κ1) is 21.1. The molecule has 0 bridgehead atoms. The van der Waals surface area contributed by atoms with Crippen LogP contribution in [0.5, 0.6) is 5.75 Å². The van der Waals surface area contributed by atoms with Crippen molar-refractivity contribution < 1.29 is 9.53 Å². The number of nitrogens with zero attached hydrogens (tertiary/aromatic N) is 1. The van der Waals surface area contributed by atoms with Crippen LogP contribution in [0.3, 0.4) is 0 Å². The summed E-state index contributed by atoms with van der Waals surface area (Å²) < 4.78 is 5.45. The van der Waals surface area contributed by atoms with Crippen molar-refractivity contribution in [3.63, 3.8) is 0 Å². The van der Waals surface area contributed by atoms with Crippen molar-refractivity contribution >= 4 is 11.6 Å². The first-order valence-electron chi connectivity index (χ1n) is 10.8. The molecule has 31 heavy (non-hydrogen) atoms. The normalized spacial score (nSPS) is 15.4. The summed E-state index contributed by atoms with van der Waals surface area (Å²) in [5, 5.41) is 3.06. The van der Waals surface area contributed by atoms with Crippen molar-refractivity contribution in [2.75, 3.05) is 33.1 Å². The number of amides is 1. The van der Waals surface area contributed by atoms with Gasteiger partial charge in [-0.25, -0.2) is 0 Å². The molecule has 0 fully saturated rings. The van der Waals surface area contributed by atoms with Crippen LogP contribution in [0.1, 0.15) is 27.9 Å². The van der Waals surface area contributed by atoms with E-state index >= 15 is 0 Å². The standard InChI is InChI=1S/C27H30N2O2/c1-29(2)18-19-8-9-23-17-24(15-14-22(23)16-19)28-27(30)21-12-10-20(11-13-21)25-6-4-5-7-26(25)31-3/h4-7,10-15,17,19H,8-9,16,18H2,1-3H3,(H,28,30). The van der Waals surface area contributed by atoms with Gasteiger partial charge in [0.2, 0.25) is 0 Å². The zero-order valence-electron chi connectivity index (χ0n) is 18.5. The molecular formula is C27H30N2O2. The lowest BCUT2D eigenvalue weighted by atomic mass is 9.83. The van der Waals surface area contributed by atoms with Crippen molar-refractivity contribution in [2.24, 2.45) is 5.92 Å². The second-order valence-corrected chi connectivity index (χ2v) is 8.59. The van der Waals surface area contributed by atoms with Gasteiger partial charge in [-0.3, -0.25) is 4.79 Å². The van der Waals surface area contributed by atoms with Gasteiger partial charge in [0.15, 0.2) is 0 Å². The molecule has 0 spiro atoms. The second-order valence-electron chi connectivity index (χ2n) is 8.59. The largest absolute Gasteiger partial charge is 0.496 e. The maximum atomic E-state index is 12.8. The molecule has 0 aliphatic heterocycles. The van der Waals surface area contributed by atoms with Crippen LogP contribution in [0.15, 0.2) is 66.7 Å².